The van der Waals surface area contributed by atoms with Gasteiger partial charge in [0.05, 0.1) is 11.1 Å². The van der Waals surface area contributed by atoms with E-state index in [9.17, 15) is 5.26 Å². The number of hydrogen-bond donors (Lipinski definition) is 1. The van der Waals surface area contributed by atoms with E-state index in [2.05, 4.69) is 53.3 Å². The van der Waals surface area contributed by atoms with E-state index in [-0.39, 0.29) is 6.04 Å². The molecule has 0 saturated heterocycles. The first-order valence-electron chi connectivity index (χ1n) is 6.72. The zero-order chi connectivity index (χ0) is 15.4. The summed E-state index contributed by atoms with van der Waals surface area (Å²) in [6.45, 7) is 4.31. The van der Waals surface area contributed by atoms with Gasteiger partial charge in [-0.15, -0.1) is 0 Å². The van der Waals surface area contributed by atoms with Crippen molar-refractivity contribution in [1.82, 2.24) is 0 Å². The van der Waals surface area contributed by atoms with Gasteiger partial charge in [0, 0.05) is 10.2 Å². The molecule has 0 heterocycles. The van der Waals surface area contributed by atoms with E-state index in [4.69, 9.17) is 11.6 Å². The van der Waals surface area contributed by atoms with Crippen molar-refractivity contribution in [2.45, 2.75) is 25.8 Å². The molecule has 2 nitrogen and oxygen atoms in total. The predicted molar refractivity (Wildman–Crippen MR) is 91.7 cm³/mol. The third-order valence-corrected chi connectivity index (χ3v) is 4.51. The van der Waals surface area contributed by atoms with Gasteiger partial charge in [-0.25, -0.2) is 0 Å². The molecule has 4 heteroatoms. The zero-order valence-corrected chi connectivity index (χ0v) is 14.2. The maximum absolute atomic E-state index is 9.39. The number of halogens is 2. The molecule has 2 aromatic carbocycles. The molecule has 0 aliphatic rings. The maximum atomic E-state index is 9.39. The molecule has 108 valence electrons. The average molecular weight is 364 g/mol. The Morgan fingerprint density at radius 1 is 1.10 bits per heavy atom. The van der Waals surface area contributed by atoms with Crippen LogP contribution in [0.5, 0.6) is 0 Å². The molecule has 2 rings (SSSR count). The Kier molecular flexibility index (Phi) is 5.27. The molecular formula is C17H16BrClN2. The van der Waals surface area contributed by atoms with Crippen LogP contribution in [0.4, 0.5) is 5.69 Å². The van der Waals surface area contributed by atoms with Crippen LogP contribution in [-0.4, -0.2) is 0 Å². The lowest BCUT2D eigenvalue weighted by Crippen LogP contribution is -2.08. The number of nitrogens with zero attached hydrogens (tertiary/aromatic N) is 1. The van der Waals surface area contributed by atoms with Crippen LogP contribution in [0.2, 0.25) is 5.02 Å². The van der Waals surface area contributed by atoms with Crippen molar-refractivity contribution < 1.29 is 0 Å². The van der Waals surface area contributed by atoms with Crippen molar-refractivity contribution >= 4 is 33.2 Å². The van der Waals surface area contributed by atoms with Crippen molar-refractivity contribution in [3.8, 4) is 6.07 Å². The molecule has 2 aromatic rings. The highest BCUT2D eigenvalue weighted by Gasteiger charge is 2.11. The topological polar surface area (TPSA) is 35.8 Å². The standard InChI is InChI=1S/C17H16BrClN2/c1-11(2)12-3-5-13(6-4-12)17(10-20)21-14-7-8-16(19)15(18)9-14/h3-9,11,17,21H,1-2H3. The summed E-state index contributed by atoms with van der Waals surface area (Å²) in [5.74, 6) is 0.486. The van der Waals surface area contributed by atoms with Crippen molar-refractivity contribution in [3.05, 3.63) is 63.1 Å². The minimum Gasteiger partial charge on any atom is -0.366 e. The van der Waals surface area contributed by atoms with Gasteiger partial charge in [0.25, 0.3) is 0 Å². The second-order valence-electron chi connectivity index (χ2n) is 5.16. The average Bonchev–Trinajstić information content (AvgIpc) is 2.48. The van der Waals surface area contributed by atoms with Gasteiger partial charge in [0.15, 0.2) is 0 Å². The Morgan fingerprint density at radius 3 is 2.24 bits per heavy atom. The third kappa shape index (κ3) is 4.00. The highest BCUT2D eigenvalue weighted by molar-refractivity contribution is 9.10. The number of hydrogen-bond acceptors (Lipinski definition) is 2. The Bertz CT molecular complexity index is 659. The van der Waals surface area contributed by atoms with Crippen molar-refractivity contribution in [3.63, 3.8) is 0 Å². The summed E-state index contributed by atoms with van der Waals surface area (Å²) in [5, 5.41) is 13.3. The molecule has 21 heavy (non-hydrogen) atoms. The lowest BCUT2D eigenvalue weighted by atomic mass is 9.99. The van der Waals surface area contributed by atoms with Gasteiger partial charge in [-0.05, 0) is 51.2 Å². The first kappa shape index (κ1) is 15.9. The fraction of sp³-hybridized carbons (Fsp3) is 0.235. The molecule has 1 atom stereocenters. The monoisotopic (exact) mass is 362 g/mol. The largest absolute Gasteiger partial charge is 0.366 e. The van der Waals surface area contributed by atoms with Crippen LogP contribution in [0, 0.1) is 11.3 Å². The summed E-state index contributed by atoms with van der Waals surface area (Å²) in [5.41, 5.74) is 3.07. The fourth-order valence-electron chi connectivity index (χ4n) is 2.02. The van der Waals surface area contributed by atoms with Crippen molar-refractivity contribution in [1.29, 1.82) is 5.26 Å². The minimum absolute atomic E-state index is 0.390. The summed E-state index contributed by atoms with van der Waals surface area (Å²) in [6, 6.07) is 15.6. The lowest BCUT2D eigenvalue weighted by Gasteiger charge is -2.15. The van der Waals surface area contributed by atoms with E-state index < -0.39 is 0 Å². The van der Waals surface area contributed by atoms with E-state index in [1.165, 1.54) is 5.56 Å². The normalized spacial score (nSPS) is 12.0. The van der Waals surface area contributed by atoms with Gasteiger partial charge in [0.2, 0.25) is 0 Å². The van der Waals surface area contributed by atoms with Gasteiger partial charge in [-0.3, -0.25) is 0 Å². The fourth-order valence-corrected chi connectivity index (χ4v) is 2.51. The second kappa shape index (κ2) is 6.98. The van der Waals surface area contributed by atoms with Crippen LogP contribution in [0.3, 0.4) is 0 Å². The third-order valence-electron chi connectivity index (χ3n) is 3.30. The van der Waals surface area contributed by atoms with Crippen LogP contribution >= 0.6 is 27.5 Å². The number of anilines is 1. The van der Waals surface area contributed by atoms with Crippen LogP contribution in [0.25, 0.3) is 0 Å². The highest BCUT2D eigenvalue weighted by atomic mass is 79.9. The Hall–Kier alpha value is -1.50. The molecule has 0 aliphatic heterocycles. The summed E-state index contributed by atoms with van der Waals surface area (Å²) in [6.07, 6.45) is 0. The van der Waals surface area contributed by atoms with Crippen molar-refractivity contribution in [2.24, 2.45) is 0 Å². The Balaban J connectivity index is 2.19. The quantitative estimate of drug-likeness (QED) is 0.733. The van der Waals surface area contributed by atoms with Gasteiger partial charge >= 0.3 is 0 Å². The Morgan fingerprint density at radius 2 is 1.71 bits per heavy atom. The SMILES string of the molecule is CC(C)c1ccc(C(C#N)Nc2ccc(Cl)c(Br)c2)cc1. The smallest absolute Gasteiger partial charge is 0.140 e. The second-order valence-corrected chi connectivity index (χ2v) is 6.42. The van der Waals surface area contributed by atoms with Gasteiger partial charge in [-0.2, -0.15) is 5.26 Å². The van der Waals surface area contributed by atoms with Crippen molar-refractivity contribution in [2.75, 3.05) is 5.32 Å². The zero-order valence-electron chi connectivity index (χ0n) is 11.9. The maximum Gasteiger partial charge on any atom is 0.140 e. The summed E-state index contributed by atoms with van der Waals surface area (Å²) in [4.78, 5) is 0. The van der Waals surface area contributed by atoms with Gasteiger partial charge in [0.1, 0.15) is 6.04 Å². The van der Waals surface area contributed by atoms with E-state index in [0.29, 0.717) is 10.9 Å². The molecule has 0 saturated carbocycles. The van der Waals surface area contributed by atoms with E-state index in [0.717, 1.165) is 15.7 Å². The molecule has 0 fully saturated rings. The van der Waals surface area contributed by atoms with Gasteiger partial charge < -0.3 is 5.32 Å². The molecule has 0 spiro atoms. The summed E-state index contributed by atoms with van der Waals surface area (Å²) < 4.78 is 0.806. The summed E-state index contributed by atoms with van der Waals surface area (Å²) in [7, 11) is 0. The summed E-state index contributed by atoms with van der Waals surface area (Å²) >= 11 is 9.36. The minimum atomic E-state index is -0.390. The number of rotatable bonds is 4. The molecule has 1 unspecified atom stereocenters. The van der Waals surface area contributed by atoms with E-state index in [1.54, 1.807) is 6.07 Å². The molecule has 0 aromatic heterocycles. The molecule has 0 radical (unpaired) electrons. The highest BCUT2D eigenvalue weighted by Crippen LogP contribution is 2.28. The predicted octanol–water partition coefficient (Wildman–Crippen LogP) is 5.90. The van der Waals surface area contributed by atoms with Crippen LogP contribution in [-0.2, 0) is 0 Å². The Labute approximate surface area is 138 Å². The first-order valence-corrected chi connectivity index (χ1v) is 7.89. The number of nitrogens with one attached hydrogen (secondary N) is 1. The molecule has 0 bridgehead atoms. The molecular weight excluding hydrogens is 348 g/mol. The van der Waals surface area contributed by atoms with Crippen LogP contribution in [0.15, 0.2) is 46.9 Å². The van der Waals surface area contributed by atoms with Crippen LogP contribution < -0.4 is 5.32 Å². The van der Waals surface area contributed by atoms with E-state index in [1.807, 2.05) is 24.3 Å². The van der Waals surface area contributed by atoms with E-state index >= 15 is 0 Å². The first-order chi connectivity index (χ1) is 10.0. The van der Waals surface area contributed by atoms with Crippen LogP contribution in [0.1, 0.15) is 36.9 Å². The molecule has 0 amide bonds. The number of benzene rings is 2. The lowest BCUT2D eigenvalue weighted by molar-refractivity contribution is 0.863. The molecule has 1 N–H and O–H groups in total. The number of nitriles is 1. The van der Waals surface area contributed by atoms with Gasteiger partial charge in [-0.1, -0.05) is 49.7 Å². The molecule has 0 aliphatic carbocycles.